The topological polar surface area (TPSA) is 81.2 Å². The van der Waals surface area contributed by atoms with Crippen LogP contribution in [0.4, 0.5) is 5.13 Å². The number of hydrogen-bond acceptors (Lipinski definition) is 7. The number of cyclic esters (lactones) is 1. The lowest BCUT2D eigenvalue weighted by atomic mass is 9.89. The number of esters is 1. The van der Waals surface area contributed by atoms with Gasteiger partial charge in [-0.3, -0.25) is 9.59 Å². The molecule has 122 valence electrons. The molecule has 1 aromatic heterocycles. The van der Waals surface area contributed by atoms with E-state index >= 15 is 0 Å². The van der Waals surface area contributed by atoms with Gasteiger partial charge in [0, 0.05) is 6.42 Å². The van der Waals surface area contributed by atoms with Crippen molar-refractivity contribution in [1.29, 1.82) is 0 Å². The monoisotopic (exact) mass is 325 g/mol. The number of anilines is 1. The summed E-state index contributed by atoms with van der Waals surface area (Å²) < 4.78 is 5.39. The summed E-state index contributed by atoms with van der Waals surface area (Å²) in [7, 11) is 0. The zero-order valence-corrected chi connectivity index (χ0v) is 13.9. The Labute approximate surface area is 134 Å². The SMILES string of the molecule is CCCCCC[C@@H]1C[C@](C)(C(=O)CNc2nncs2)OC1=O. The number of nitrogens with zero attached hydrogens (tertiary/aromatic N) is 2. The van der Waals surface area contributed by atoms with E-state index in [2.05, 4.69) is 22.4 Å². The number of aromatic nitrogens is 2. The smallest absolute Gasteiger partial charge is 0.310 e. The molecule has 1 aliphatic heterocycles. The molecule has 7 heteroatoms. The van der Waals surface area contributed by atoms with Crippen molar-refractivity contribution in [3.63, 3.8) is 0 Å². The lowest BCUT2D eigenvalue weighted by molar-refractivity contribution is -0.156. The summed E-state index contributed by atoms with van der Waals surface area (Å²) in [5.41, 5.74) is 0.584. The molecule has 0 spiro atoms. The summed E-state index contributed by atoms with van der Waals surface area (Å²) in [6.45, 7) is 3.97. The average molecular weight is 325 g/mol. The Balaban J connectivity index is 1.82. The molecule has 0 unspecified atom stereocenters. The van der Waals surface area contributed by atoms with Gasteiger partial charge >= 0.3 is 5.97 Å². The first-order chi connectivity index (χ1) is 10.5. The zero-order chi connectivity index (χ0) is 16.0. The van der Waals surface area contributed by atoms with Crippen LogP contribution in [0.2, 0.25) is 0 Å². The molecule has 6 nitrogen and oxygen atoms in total. The molecule has 1 fully saturated rings. The van der Waals surface area contributed by atoms with Gasteiger partial charge in [-0.1, -0.05) is 43.9 Å². The first kappa shape index (κ1) is 16.9. The van der Waals surface area contributed by atoms with Gasteiger partial charge in [-0.15, -0.1) is 10.2 Å². The van der Waals surface area contributed by atoms with E-state index in [0.29, 0.717) is 11.6 Å². The van der Waals surface area contributed by atoms with Crippen molar-refractivity contribution in [2.75, 3.05) is 11.9 Å². The maximum atomic E-state index is 12.3. The van der Waals surface area contributed by atoms with E-state index in [1.807, 2.05) is 0 Å². The summed E-state index contributed by atoms with van der Waals surface area (Å²) in [4.78, 5) is 24.3. The predicted molar refractivity (Wildman–Crippen MR) is 84.8 cm³/mol. The Bertz CT molecular complexity index is 506. The Morgan fingerprint density at radius 3 is 3.00 bits per heavy atom. The molecular formula is C15H23N3O3S. The summed E-state index contributed by atoms with van der Waals surface area (Å²) >= 11 is 1.33. The van der Waals surface area contributed by atoms with Crippen molar-refractivity contribution in [3.05, 3.63) is 5.51 Å². The summed E-state index contributed by atoms with van der Waals surface area (Å²) in [5.74, 6) is -0.497. The van der Waals surface area contributed by atoms with Crippen molar-refractivity contribution in [1.82, 2.24) is 10.2 Å². The highest BCUT2D eigenvalue weighted by Crippen LogP contribution is 2.34. The van der Waals surface area contributed by atoms with Crippen LogP contribution in [0.15, 0.2) is 5.51 Å². The third kappa shape index (κ3) is 4.25. The van der Waals surface area contributed by atoms with Crippen molar-refractivity contribution in [2.45, 2.75) is 58.0 Å². The Kier molecular flexibility index (Phi) is 5.88. The second-order valence-electron chi connectivity index (χ2n) is 5.92. The number of carbonyl (C=O) groups is 2. The first-order valence-electron chi connectivity index (χ1n) is 7.81. The van der Waals surface area contributed by atoms with Crippen LogP contribution in [0, 0.1) is 5.92 Å². The van der Waals surface area contributed by atoms with Gasteiger partial charge in [-0.25, -0.2) is 0 Å². The Morgan fingerprint density at radius 2 is 2.32 bits per heavy atom. The van der Waals surface area contributed by atoms with Crippen LogP contribution >= 0.6 is 11.3 Å². The Morgan fingerprint density at radius 1 is 1.50 bits per heavy atom. The van der Waals surface area contributed by atoms with Gasteiger partial charge in [0.15, 0.2) is 11.4 Å². The summed E-state index contributed by atoms with van der Waals surface area (Å²) in [6.07, 6.45) is 5.79. The van der Waals surface area contributed by atoms with E-state index in [1.54, 1.807) is 12.4 Å². The van der Waals surface area contributed by atoms with E-state index in [-0.39, 0.29) is 24.2 Å². The third-order valence-electron chi connectivity index (χ3n) is 4.05. The van der Waals surface area contributed by atoms with Gasteiger partial charge in [0.25, 0.3) is 0 Å². The first-order valence-corrected chi connectivity index (χ1v) is 8.69. The molecular weight excluding hydrogens is 302 g/mol. The highest BCUT2D eigenvalue weighted by molar-refractivity contribution is 7.13. The lowest BCUT2D eigenvalue weighted by Gasteiger charge is -2.20. The van der Waals surface area contributed by atoms with Gasteiger partial charge in [0.05, 0.1) is 12.5 Å². The van der Waals surface area contributed by atoms with E-state index in [0.717, 1.165) is 19.3 Å². The fraction of sp³-hybridized carbons (Fsp3) is 0.733. The predicted octanol–water partition coefficient (Wildman–Crippen LogP) is 2.81. The number of carbonyl (C=O) groups excluding carboxylic acids is 2. The standard InChI is InChI=1S/C15H23N3O3S/c1-3-4-5-6-7-11-8-15(2,21-13(11)20)12(19)9-16-14-18-17-10-22-14/h10-11H,3-9H2,1-2H3,(H,16,18)/t11-,15-/m1/s1. The van der Waals surface area contributed by atoms with Crippen LogP contribution in [0.1, 0.15) is 52.4 Å². The van der Waals surface area contributed by atoms with Crippen LogP contribution in [0.25, 0.3) is 0 Å². The second kappa shape index (κ2) is 7.67. The third-order valence-corrected chi connectivity index (χ3v) is 4.70. The highest BCUT2D eigenvalue weighted by Gasteiger charge is 2.47. The van der Waals surface area contributed by atoms with Crippen LogP contribution in [-0.2, 0) is 14.3 Å². The Hall–Kier alpha value is -1.50. The molecule has 1 aromatic rings. The number of Topliss-reactive ketones (excluding diaryl/α,β-unsaturated/α-hetero) is 1. The van der Waals surface area contributed by atoms with E-state index in [4.69, 9.17) is 4.74 Å². The molecule has 1 N–H and O–H groups in total. The highest BCUT2D eigenvalue weighted by atomic mass is 32.1. The van der Waals surface area contributed by atoms with Gasteiger partial charge in [0.2, 0.25) is 5.13 Å². The number of ketones is 1. The largest absolute Gasteiger partial charge is 0.451 e. The molecule has 0 aliphatic carbocycles. The second-order valence-corrected chi connectivity index (χ2v) is 6.76. The number of unbranched alkanes of at least 4 members (excludes halogenated alkanes) is 3. The minimum Gasteiger partial charge on any atom is -0.451 e. The quantitative estimate of drug-likeness (QED) is 0.555. The fourth-order valence-electron chi connectivity index (χ4n) is 2.70. The molecule has 1 saturated heterocycles. The molecule has 22 heavy (non-hydrogen) atoms. The van der Waals surface area contributed by atoms with Gasteiger partial charge in [-0.05, 0) is 13.3 Å². The zero-order valence-electron chi connectivity index (χ0n) is 13.1. The van der Waals surface area contributed by atoms with Crippen LogP contribution in [0.3, 0.4) is 0 Å². The van der Waals surface area contributed by atoms with Crippen molar-refractivity contribution < 1.29 is 14.3 Å². The number of rotatable bonds is 9. The number of hydrogen-bond donors (Lipinski definition) is 1. The fourth-order valence-corrected chi connectivity index (χ4v) is 3.15. The maximum Gasteiger partial charge on any atom is 0.310 e. The average Bonchev–Trinajstić information content (AvgIpc) is 3.10. The maximum absolute atomic E-state index is 12.3. The van der Waals surface area contributed by atoms with E-state index in [9.17, 15) is 9.59 Å². The van der Waals surface area contributed by atoms with E-state index < -0.39 is 5.60 Å². The van der Waals surface area contributed by atoms with Crippen LogP contribution < -0.4 is 5.32 Å². The van der Waals surface area contributed by atoms with Gasteiger partial charge in [0.1, 0.15) is 5.51 Å². The number of nitrogens with one attached hydrogen (secondary N) is 1. The molecule has 1 aliphatic rings. The molecule has 0 bridgehead atoms. The van der Waals surface area contributed by atoms with Crippen molar-refractivity contribution in [3.8, 4) is 0 Å². The number of ether oxygens (including phenoxy) is 1. The molecule has 2 heterocycles. The molecule has 0 radical (unpaired) electrons. The summed E-state index contributed by atoms with van der Waals surface area (Å²) in [5, 5.41) is 11.0. The molecule has 2 rings (SSSR count). The van der Waals surface area contributed by atoms with Crippen LogP contribution in [-0.4, -0.2) is 34.1 Å². The van der Waals surface area contributed by atoms with Crippen molar-refractivity contribution >= 4 is 28.2 Å². The molecule has 0 aromatic carbocycles. The molecule has 0 saturated carbocycles. The van der Waals surface area contributed by atoms with Gasteiger partial charge in [-0.2, -0.15) is 0 Å². The lowest BCUT2D eigenvalue weighted by Crippen LogP contribution is -2.39. The summed E-state index contributed by atoms with van der Waals surface area (Å²) in [6, 6.07) is 0. The molecule has 2 atom stereocenters. The minimum absolute atomic E-state index is 0.0987. The molecule has 0 amide bonds. The van der Waals surface area contributed by atoms with Crippen molar-refractivity contribution in [2.24, 2.45) is 5.92 Å². The van der Waals surface area contributed by atoms with E-state index in [1.165, 1.54) is 24.2 Å². The normalized spacial score (nSPS) is 24.3. The van der Waals surface area contributed by atoms with Gasteiger partial charge < -0.3 is 10.1 Å². The van der Waals surface area contributed by atoms with Crippen LogP contribution in [0.5, 0.6) is 0 Å². The minimum atomic E-state index is -1.01.